The first kappa shape index (κ1) is 19.0. The molecule has 1 aliphatic heterocycles. The number of nitrogens with one attached hydrogen (secondary N) is 2. The lowest BCUT2D eigenvalue weighted by atomic mass is 9.79. The van der Waals surface area contributed by atoms with E-state index in [0.717, 1.165) is 11.1 Å². The average Bonchev–Trinajstić information content (AvgIpc) is 3.07. The van der Waals surface area contributed by atoms with Crippen molar-refractivity contribution in [1.29, 1.82) is 0 Å². The molecule has 2 aromatic heterocycles. The Morgan fingerprint density at radius 3 is 2.48 bits per heavy atom. The summed E-state index contributed by atoms with van der Waals surface area (Å²) >= 11 is 0. The molecule has 0 unspecified atom stereocenters. The van der Waals surface area contributed by atoms with Crippen LogP contribution in [0.4, 0.5) is 8.78 Å². The van der Waals surface area contributed by atoms with E-state index in [9.17, 15) is 13.6 Å². The van der Waals surface area contributed by atoms with Gasteiger partial charge in [0, 0.05) is 29.1 Å². The number of aromatic amines is 1. The van der Waals surface area contributed by atoms with Crippen molar-refractivity contribution >= 4 is 5.84 Å². The molecule has 0 amide bonds. The Kier molecular flexibility index (Phi) is 4.74. The first-order valence-electron chi connectivity index (χ1n) is 9.40. The van der Waals surface area contributed by atoms with Crippen molar-refractivity contribution < 1.29 is 8.78 Å². The second kappa shape index (κ2) is 7.24. The molecular weight excluding hydrogens is 374 g/mol. The molecule has 0 saturated heterocycles. The number of hydrogen-bond acceptors (Lipinski definition) is 4. The summed E-state index contributed by atoms with van der Waals surface area (Å²) in [5, 5.41) is 3.37. The van der Waals surface area contributed by atoms with Gasteiger partial charge in [0.05, 0.1) is 6.04 Å². The van der Waals surface area contributed by atoms with Gasteiger partial charge in [0.25, 0.3) is 5.56 Å². The average molecular weight is 394 g/mol. The van der Waals surface area contributed by atoms with Gasteiger partial charge in [0.2, 0.25) is 5.95 Å². The Morgan fingerprint density at radius 1 is 1.10 bits per heavy atom. The van der Waals surface area contributed by atoms with E-state index in [2.05, 4.69) is 15.3 Å². The summed E-state index contributed by atoms with van der Waals surface area (Å²) in [5.74, 6) is -0.340. The van der Waals surface area contributed by atoms with Crippen molar-refractivity contribution in [3.05, 3.63) is 99.2 Å². The molecule has 0 saturated carbocycles. The normalized spacial score (nSPS) is 21.0. The standard InChI is InChI=1S/C22H20F2N4O/c1-3-14-10-15(11-26-21(14)29)20-27-13(2)22(28-20,16-4-7-18(23)8-5-16)17-6-9-19(24)25-12-17/h4-13H,3H2,1-2H3,(H,26,29)(H,27,28)/t13-,22-/m0/s1. The van der Waals surface area contributed by atoms with Crippen LogP contribution >= 0.6 is 0 Å². The highest BCUT2D eigenvalue weighted by Gasteiger charge is 2.45. The van der Waals surface area contributed by atoms with E-state index < -0.39 is 11.5 Å². The van der Waals surface area contributed by atoms with E-state index in [4.69, 9.17) is 4.99 Å². The highest BCUT2D eigenvalue weighted by Crippen LogP contribution is 2.40. The van der Waals surface area contributed by atoms with E-state index in [1.54, 1.807) is 30.5 Å². The molecule has 7 heteroatoms. The third kappa shape index (κ3) is 3.22. The quantitative estimate of drug-likeness (QED) is 0.667. The number of amidine groups is 1. The molecule has 1 aliphatic rings. The fraction of sp³-hybridized carbons (Fsp3) is 0.227. The van der Waals surface area contributed by atoms with E-state index in [1.807, 2.05) is 13.8 Å². The number of nitrogens with zero attached hydrogens (tertiary/aromatic N) is 2. The van der Waals surface area contributed by atoms with Crippen molar-refractivity contribution in [3.63, 3.8) is 0 Å². The van der Waals surface area contributed by atoms with Crippen molar-refractivity contribution in [3.8, 4) is 0 Å². The summed E-state index contributed by atoms with van der Waals surface area (Å²) in [6.45, 7) is 3.86. The fourth-order valence-electron chi connectivity index (χ4n) is 3.79. The van der Waals surface area contributed by atoms with Crippen LogP contribution in [0.2, 0.25) is 0 Å². The number of pyridine rings is 2. The van der Waals surface area contributed by atoms with E-state index in [1.165, 1.54) is 24.4 Å². The van der Waals surface area contributed by atoms with E-state index in [-0.39, 0.29) is 17.4 Å². The van der Waals surface area contributed by atoms with Crippen LogP contribution < -0.4 is 10.9 Å². The van der Waals surface area contributed by atoms with E-state index in [0.29, 0.717) is 23.4 Å². The first-order chi connectivity index (χ1) is 13.9. The summed E-state index contributed by atoms with van der Waals surface area (Å²) in [5.41, 5.74) is 1.78. The Bertz CT molecular complexity index is 1080. The summed E-state index contributed by atoms with van der Waals surface area (Å²) < 4.78 is 27.0. The number of aryl methyl sites for hydroxylation is 1. The maximum atomic E-state index is 13.6. The summed E-state index contributed by atoms with van der Waals surface area (Å²) in [7, 11) is 0. The zero-order valence-electron chi connectivity index (χ0n) is 16.0. The maximum absolute atomic E-state index is 13.6. The predicted octanol–water partition coefficient (Wildman–Crippen LogP) is 3.29. The molecule has 148 valence electrons. The van der Waals surface area contributed by atoms with Gasteiger partial charge in [-0.25, -0.2) is 14.4 Å². The topological polar surface area (TPSA) is 70.1 Å². The molecule has 4 rings (SSSR count). The molecule has 0 radical (unpaired) electrons. The smallest absolute Gasteiger partial charge is 0.251 e. The molecule has 1 aromatic carbocycles. The molecule has 0 bridgehead atoms. The van der Waals surface area contributed by atoms with Crippen molar-refractivity contribution in [1.82, 2.24) is 15.3 Å². The first-order valence-corrected chi connectivity index (χ1v) is 9.40. The highest BCUT2D eigenvalue weighted by atomic mass is 19.1. The number of rotatable bonds is 4. The second-order valence-electron chi connectivity index (χ2n) is 7.07. The highest BCUT2D eigenvalue weighted by molar-refractivity contribution is 6.01. The molecule has 29 heavy (non-hydrogen) atoms. The number of hydrogen-bond donors (Lipinski definition) is 2. The number of benzene rings is 1. The van der Waals surface area contributed by atoms with Gasteiger partial charge in [-0.15, -0.1) is 0 Å². The molecule has 3 aromatic rings. The summed E-state index contributed by atoms with van der Waals surface area (Å²) in [6, 6.07) is 10.6. The number of H-pyrrole nitrogens is 1. The summed E-state index contributed by atoms with van der Waals surface area (Å²) in [6.07, 6.45) is 3.66. The third-order valence-electron chi connectivity index (χ3n) is 5.35. The van der Waals surface area contributed by atoms with Gasteiger partial charge in [0.15, 0.2) is 0 Å². The Labute approximate surface area is 166 Å². The van der Waals surface area contributed by atoms with Crippen molar-refractivity contribution in [2.75, 3.05) is 0 Å². The van der Waals surface area contributed by atoms with Crippen molar-refractivity contribution in [2.45, 2.75) is 31.8 Å². The SMILES string of the molecule is CCc1cc(C2=N[C@@](c3ccc(F)cc3)(c3ccc(F)nc3)[C@H](C)N2)c[nH]c1=O. The van der Waals surface area contributed by atoms with Crippen LogP contribution in [0.1, 0.15) is 36.1 Å². The Balaban J connectivity index is 1.91. The second-order valence-corrected chi connectivity index (χ2v) is 7.07. The molecule has 0 aliphatic carbocycles. The van der Waals surface area contributed by atoms with Gasteiger partial charge in [-0.3, -0.25) is 4.79 Å². The van der Waals surface area contributed by atoms with Gasteiger partial charge in [0.1, 0.15) is 17.2 Å². The molecule has 2 atom stereocenters. The lowest BCUT2D eigenvalue weighted by Gasteiger charge is -2.31. The van der Waals surface area contributed by atoms with Gasteiger partial charge in [-0.05, 0) is 43.2 Å². The maximum Gasteiger partial charge on any atom is 0.251 e. The van der Waals surface area contributed by atoms with Gasteiger partial charge in [-0.1, -0.05) is 25.1 Å². The molecule has 0 fully saturated rings. The van der Waals surface area contributed by atoms with Crippen LogP contribution in [-0.4, -0.2) is 21.8 Å². The molecule has 2 N–H and O–H groups in total. The van der Waals surface area contributed by atoms with Crippen LogP contribution in [0.25, 0.3) is 0 Å². The number of halogens is 2. The molecular formula is C22H20F2N4O. The van der Waals surface area contributed by atoms with Crippen LogP contribution in [0.3, 0.4) is 0 Å². The number of aromatic nitrogens is 2. The largest absolute Gasteiger partial charge is 0.364 e. The fourth-order valence-corrected chi connectivity index (χ4v) is 3.79. The lowest BCUT2D eigenvalue weighted by molar-refractivity contribution is 0.449. The van der Waals surface area contributed by atoms with Crippen molar-refractivity contribution in [2.24, 2.45) is 4.99 Å². The number of aliphatic imine (C=N–C) groups is 1. The van der Waals surface area contributed by atoms with Gasteiger partial charge >= 0.3 is 0 Å². The van der Waals surface area contributed by atoms with Crippen LogP contribution in [0, 0.1) is 11.8 Å². The van der Waals surface area contributed by atoms with Gasteiger partial charge in [-0.2, -0.15) is 4.39 Å². The van der Waals surface area contributed by atoms with Crippen LogP contribution in [0.15, 0.2) is 64.6 Å². The molecule has 3 heterocycles. The third-order valence-corrected chi connectivity index (χ3v) is 5.35. The summed E-state index contributed by atoms with van der Waals surface area (Å²) in [4.78, 5) is 23.4. The monoisotopic (exact) mass is 394 g/mol. The Morgan fingerprint density at radius 2 is 1.83 bits per heavy atom. The molecule has 0 spiro atoms. The minimum Gasteiger partial charge on any atom is -0.364 e. The predicted molar refractivity (Wildman–Crippen MR) is 107 cm³/mol. The van der Waals surface area contributed by atoms with E-state index >= 15 is 0 Å². The van der Waals surface area contributed by atoms with Crippen LogP contribution in [0.5, 0.6) is 0 Å². The zero-order chi connectivity index (χ0) is 20.6. The van der Waals surface area contributed by atoms with Gasteiger partial charge < -0.3 is 10.3 Å². The zero-order valence-corrected chi connectivity index (χ0v) is 16.0. The lowest BCUT2D eigenvalue weighted by Crippen LogP contribution is -2.41. The minimum absolute atomic E-state index is 0.129. The van der Waals surface area contributed by atoms with Crippen LogP contribution in [-0.2, 0) is 12.0 Å². The minimum atomic E-state index is -0.924. The molecule has 5 nitrogen and oxygen atoms in total. The Hall–Kier alpha value is -3.35.